The van der Waals surface area contributed by atoms with Gasteiger partial charge in [-0.05, 0) is 17.7 Å². The van der Waals surface area contributed by atoms with Crippen LogP contribution >= 0.6 is 0 Å². The summed E-state index contributed by atoms with van der Waals surface area (Å²) < 4.78 is 44.0. The molecular weight excluding hydrogens is 408 g/mol. The Kier molecular flexibility index (Phi) is 7.30. The van der Waals surface area contributed by atoms with Crippen molar-refractivity contribution in [3.05, 3.63) is 54.1 Å². The van der Waals surface area contributed by atoms with Crippen molar-refractivity contribution in [1.82, 2.24) is 9.21 Å². The van der Waals surface area contributed by atoms with Crippen LogP contribution in [0.5, 0.6) is 11.5 Å². The first-order chi connectivity index (χ1) is 14.5. The number of sulfonamides is 1. The highest BCUT2D eigenvalue weighted by atomic mass is 32.2. The minimum absolute atomic E-state index is 0.0171. The summed E-state index contributed by atoms with van der Waals surface area (Å²) in [6.45, 7) is 1.58. The fraction of sp³-hybridized carbons (Fsp3) is 0.381. The molecule has 0 bridgehead atoms. The number of carbonyl (C=O) groups excluding carboxylic acids is 1. The van der Waals surface area contributed by atoms with Crippen molar-refractivity contribution >= 4 is 15.9 Å². The van der Waals surface area contributed by atoms with E-state index in [-0.39, 0.29) is 29.6 Å². The predicted molar refractivity (Wildman–Crippen MR) is 111 cm³/mol. The Labute approximate surface area is 177 Å². The van der Waals surface area contributed by atoms with Gasteiger partial charge in [-0.15, -0.1) is 0 Å². The monoisotopic (exact) mass is 434 g/mol. The second-order valence-electron chi connectivity index (χ2n) is 6.77. The number of hydrogen-bond donors (Lipinski definition) is 0. The van der Waals surface area contributed by atoms with Gasteiger partial charge in [-0.3, -0.25) is 4.79 Å². The molecule has 0 N–H and O–H groups in total. The molecule has 9 heteroatoms. The highest BCUT2D eigenvalue weighted by Crippen LogP contribution is 2.31. The second-order valence-corrected chi connectivity index (χ2v) is 8.68. The number of amides is 1. The summed E-state index contributed by atoms with van der Waals surface area (Å²) in [5.41, 5.74) is 0.781. The Balaban J connectivity index is 1.94. The van der Waals surface area contributed by atoms with Gasteiger partial charge in [0.2, 0.25) is 15.9 Å². The van der Waals surface area contributed by atoms with Crippen molar-refractivity contribution < 1.29 is 27.4 Å². The van der Waals surface area contributed by atoms with Crippen LogP contribution in [0.25, 0.3) is 0 Å². The summed E-state index contributed by atoms with van der Waals surface area (Å²) in [4.78, 5) is 14.5. The molecule has 0 atom stereocenters. The summed E-state index contributed by atoms with van der Waals surface area (Å²) in [5, 5.41) is 0. The number of benzene rings is 2. The maximum Gasteiger partial charge on any atom is 0.247 e. The van der Waals surface area contributed by atoms with Crippen LogP contribution in [0.4, 0.5) is 0 Å². The SMILES string of the molecule is COc1ccc(S(=O)(=O)N(CC(=O)N2CCOCC2)Cc2ccccc2)c(OC)c1. The molecule has 1 aliphatic heterocycles. The molecule has 1 aliphatic rings. The lowest BCUT2D eigenvalue weighted by atomic mass is 10.2. The van der Waals surface area contributed by atoms with E-state index in [4.69, 9.17) is 14.2 Å². The Hall–Kier alpha value is -2.62. The Morgan fingerprint density at radius 3 is 2.40 bits per heavy atom. The molecule has 1 saturated heterocycles. The number of rotatable bonds is 8. The molecule has 0 aliphatic carbocycles. The zero-order valence-electron chi connectivity index (χ0n) is 17.1. The van der Waals surface area contributed by atoms with E-state index in [1.165, 1.54) is 30.7 Å². The van der Waals surface area contributed by atoms with E-state index >= 15 is 0 Å². The van der Waals surface area contributed by atoms with Crippen molar-refractivity contribution in [3.8, 4) is 11.5 Å². The van der Waals surface area contributed by atoms with Crippen molar-refractivity contribution in [2.45, 2.75) is 11.4 Å². The Bertz CT molecular complexity index is 959. The van der Waals surface area contributed by atoms with Crippen LogP contribution in [0.3, 0.4) is 0 Å². The number of ether oxygens (including phenoxy) is 3. The molecule has 1 fully saturated rings. The summed E-state index contributed by atoms with van der Waals surface area (Å²) in [6, 6.07) is 13.7. The van der Waals surface area contributed by atoms with Crippen LogP contribution in [0.15, 0.2) is 53.4 Å². The molecule has 1 heterocycles. The third-order valence-corrected chi connectivity index (χ3v) is 6.70. The number of methoxy groups -OCH3 is 2. The first kappa shape index (κ1) is 22.1. The summed E-state index contributed by atoms with van der Waals surface area (Å²) >= 11 is 0. The topological polar surface area (TPSA) is 85.4 Å². The molecular formula is C21H26N2O6S. The molecule has 0 aromatic heterocycles. The molecule has 0 radical (unpaired) electrons. The minimum atomic E-state index is -4.03. The van der Waals surface area contributed by atoms with E-state index < -0.39 is 10.0 Å². The smallest absolute Gasteiger partial charge is 0.247 e. The van der Waals surface area contributed by atoms with Crippen LogP contribution in [0, 0.1) is 0 Å². The molecule has 162 valence electrons. The maximum absolute atomic E-state index is 13.5. The molecule has 2 aromatic rings. The van der Waals surface area contributed by atoms with Crippen molar-refractivity contribution in [2.24, 2.45) is 0 Å². The van der Waals surface area contributed by atoms with E-state index in [1.54, 1.807) is 11.0 Å². The fourth-order valence-corrected chi connectivity index (χ4v) is 4.72. The number of morpholine rings is 1. The largest absolute Gasteiger partial charge is 0.497 e. The lowest BCUT2D eigenvalue weighted by molar-refractivity contribution is -0.135. The number of hydrogen-bond acceptors (Lipinski definition) is 6. The van der Waals surface area contributed by atoms with Gasteiger partial charge in [-0.2, -0.15) is 4.31 Å². The Morgan fingerprint density at radius 1 is 1.07 bits per heavy atom. The zero-order valence-corrected chi connectivity index (χ0v) is 17.9. The van der Waals surface area contributed by atoms with E-state index in [2.05, 4.69) is 0 Å². The van der Waals surface area contributed by atoms with Gasteiger partial charge >= 0.3 is 0 Å². The minimum Gasteiger partial charge on any atom is -0.497 e. The van der Waals surface area contributed by atoms with Crippen LogP contribution < -0.4 is 9.47 Å². The van der Waals surface area contributed by atoms with Gasteiger partial charge in [-0.1, -0.05) is 30.3 Å². The van der Waals surface area contributed by atoms with Crippen LogP contribution in [0.2, 0.25) is 0 Å². The van der Waals surface area contributed by atoms with Crippen LogP contribution in [0.1, 0.15) is 5.56 Å². The van der Waals surface area contributed by atoms with Gasteiger partial charge in [-0.25, -0.2) is 8.42 Å². The van der Waals surface area contributed by atoms with Crippen LogP contribution in [-0.2, 0) is 26.1 Å². The van der Waals surface area contributed by atoms with Crippen LogP contribution in [-0.4, -0.2) is 70.6 Å². The Morgan fingerprint density at radius 2 is 1.77 bits per heavy atom. The average molecular weight is 435 g/mol. The van der Waals surface area contributed by atoms with Gasteiger partial charge in [0.1, 0.15) is 16.4 Å². The highest BCUT2D eigenvalue weighted by Gasteiger charge is 2.31. The van der Waals surface area contributed by atoms with Gasteiger partial charge < -0.3 is 19.1 Å². The van der Waals surface area contributed by atoms with Gasteiger partial charge in [0, 0.05) is 25.7 Å². The summed E-state index contributed by atoms with van der Waals surface area (Å²) in [6.07, 6.45) is 0. The number of nitrogens with zero attached hydrogens (tertiary/aromatic N) is 2. The lowest BCUT2D eigenvalue weighted by Crippen LogP contribution is -2.46. The molecule has 1 amide bonds. The second kappa shape index (κ2) is 9.92. The quantitative estimate of drug-likeness (QED) is 0.629. The lowest BCUT2D eigenvalue weighted by Gasteiger charge is -2.30. The summed E-state index contributed by atoms with van der Waals surface area (Å²) in [5.74, 6) is 0.376. The van der Waals surface area contributed by atoms with E-state index in [0.717, 1.165) is 5.56 Å². The molecule has 30 heavy (non-hydrogen) atoms. The normalized spacial score (nSPS) is 14.6. The molecule has 3 rings (SSSR count). The molecule has 0 saturated carbocycles. The molecule has 8 nitrogen and oxygen atoms in total. The van der Waals surface area contributed by atoms with Gasteiger partial charge in [0.15, 0.2) is 0 Å². The molecule has 0 spiro atoms. The van der Waals surface area contributed by atoms with E-state index in [1.807, 2.05) is 30.3 Å². The maximum atomic E-state index is 13.5. The zero-order chi connectivity index (χ0) is 21.6. The number of carbonyl (C=O) groups is 1. The predicted octanol–water partition coefficient (Wildman–Crippen LogP) is 1.75. The van der Waals surface area contributed by atoms with Crippen molar-refractivity contribution in [3.63, 3.8) is 0 Å². The molecule has 0 unspecified atom stereocenters. The van der Waals surface area contributed by atoms with Crippen molar-refractivity contribution in [1.29, 1.82) is 0 Å². The standard InChI is InChI=1S/C21H26N2O6S/c1-27-18-8-9-20(19(14-18)28-2)30(25,26)23(15-17-6-4-3-5-7-17)16-21(24)22-10-12-29-13-11-22/h3-9,14H,10-13,15-16H2,1-2H3. The van der Waals surface area contributed by atoms with E-state index in [9.17, 15) is 13.2 Å². The summed E-state index contributed by atoms with van der Waals surface area (Å²) in [7, 11) is -1.14. The van der Waals surface area contributed by atoms with E-state index in [0.29, 0.717) is 32.1 Å². The first-order valence-corrected chi connectivity index (χ1v) is 11.0. The third kappa shape index (κ3) is 5.10. The van der Waals surface area contributed by atoms with Gasteiger partial charge in [0.05, 0.1) is 34.0 Å². The highest BCUT2D eigenvalue weighted by molar-refractivity contribution is 7.89. The first-order valence-electron chi connectivity index (χ1n) is 9.57. The fourth-order valence-electron chi connectivity index (χ4n) is 3.20. The van der Waals surface area contributed by atoms with Gasteiger partial charge in [0.25, 0.3) is 0 Å². The van der Waals surface area contributed by atoms with Crippen molar-refractivity contribution in [2.75, 3.05) is 47.1 Å². The molecule has 2 aromatic carbocycles. The third-order valence-electron chi connectivity index (χ3n) is 4.87. The average Bonchev–Trinajstić information content (AvgIpc) is 2.79.